The molecule has 2 aromatic carbocycles. The molecule has 2 aromatic rings. The summed E-state index contributed by atoms with van der Waals surface area (Å²) in [5.74, 6) is 0.0457. The van der Waals surface area contributed by atoms with Crippen LogP contribution in [0.5, 0.6) is 0 Å². The van der Waals surface area contributed by atoms with E-state index in [0.717, 1.165) is 32.4 Å². The van der Waals surface area contributed by atoms with Crippen LogP contribution in [-0.2, 0) is 11.2 Å². The number of amides is 1. The molecule has 3 N–H and O–H groups in total. The van der Waals surface area contributed by atoms with Gasteiger partial charge in [0.15, 0.2) is 0 Å². The van der Waals surface area contributed by atoms with Crippen molar-refractivity contribution in [3.63, 3.8) is 0 Å². The maximum absolute atomic E-state index is 11.4. The molecule has 20 heavy (non-hydrogen) atoms. The molecular weight excluding hydrogens is 316 g/mol. The number of halogens is 1. The third kappa shape index (κ3) is 2.37. The maximum Gasteiger partial charge on any atom is 0.228 e. The lowest BCUT2D eigenvalue weighted by Gasteiger charge is -2.16. The Kier molecular flexibility index (Phi) is 3.36. The Morgan fingerprint density at radius 2 is 2.05 bits per heavy atom. The van der Waals surface area contributed by atoms with Crippen LogP contribution in [0.15, 0.2) is 40.9 Å². The topological polar surface area (TPSA) is 55.1 Å². The maximum atomic E-state index is 11.4. The fourth-order valence-electron chi connectivity index (χ4n) is 2.57. The van der Waals surface area contributed by atoms with Gasteiger partial charge in [-0.05, 0) is 47.4 Å². The average molecular weight is 331 g/mol. The largest absolute Gasteiger partial charge is 0.326 e. The highest BCUT2D eigenvalue weighted by Gasteiger charge is 2.20. The molecule has 0 saturated heterocycles. The first kappa shape index (κ1) is 13.3. The van der Waals surface area contributed by atoms with Gasteiger partial charge >= 0.3 is 0 Å². The van der Waals surface area contributed by atoms with Crippen molar-refractivity contribution in [2.24, 2.45) is 5.73 Å². The number of aryl methyl sites for hydroxylation is 1. The van der Waals surface area contributed by atoms with Crippen molar-refractivity contribution in [3.8, 4) is 0 Å². The number of hydrogen-bond donors (Lipinski definition) is 2. The summed E-state index contributed by atoms with van der Waals surface area (Å²) in [6.07, 6.45) is 0.438. The van der Waals surface area contributed by atoms with Crippen LogP contribution in [-0.4, -0.2) is 5.91 Å². The predicted octanol–water partition coefficient (Wildman–Crippen LogP) is 3.30. The molecule has 0 saturated carbocycles. The minimum atomic E-state index is -0.187. The number of fused-ring (bicyclic) bond motifs is 1. The van der Waals surface area contributed by atoms with E-state index in [1.165, 1.54) is 0 Å². The third-order valence-electron chi connectivity index (χ3n) is 3.69. The lowest BCUT2D eigenvalue weighted by molar-refractivity contribution is -0.115. The second-order valence-electron chi connectivity index (χ2n) is 5.12. The van der Waals surface area contributed by atoms with Crippen molar-refractivity contribution in [2.45, 2.75) is 19.4 Å². The van der Waals surface area contributed by atoms with Gasteiger partial charge in [0.25, 0.3) is 0 Å². The molecule has 1 aliphatic heterocycles. The number of rotatable bonds is 2. The summed E-state index contributed by atoms with van der Waals surface area (Å²) in [5.41, 5.74) is 11.6. The summed E-state index contributed by atoms with van der Waals surface area (Å²) in [7, 11) is 0. The molecule has 1 unspecified atom stereocenters. The van der Waals surface area contributed by atoms with Gasteiger partial charge in [-0.15, -0.1) is 0 Å². The minimum Gasteiger partial charge on any atom is -0.326 e. The summed E-state index contributed by atoms with van der Waals surface area (Å²) in [6.45, 7) is 2.06. The van der Waals surface area contributed by atoms with Crippen molar-refractivity contribution < 1.29 is 4.79 Å². The number of nitrogens with two attached hydrogens (primary N) is 1. The number of nitrogens with one attached hydrogen (secondary N) is 1. The second kappa shape index (κ2) is 5.04. The van der Waals surface area contributed by atoms with Crippen LogP contribution in [0, 0.1) is 6.92 Å². The standard InChI is InChI=1S/C16H15BrN2O/c1-9-2-4-12(17)8-13(9)16(18)10-3-5-14-11(6-10)7-15(20)19-14/h2-6,8,16H,7,18H2,1H3,(H,19,20). The Balaban J connectivity index is 1.99. The number of benzene rings is 2. The molecule has 102 valence electrons. The number of anilines is 1. The zero-order chi connectivity index (χ0) is 14.3. The van der Waals surface area contributed by atoms with Crippen LogP contribution in [0.25, 0.3) is 0 Å². The normalized spacial score (nSPS) is 14.8. The molecule has 1 heterocycles. The van der Waals surface area contributed by atoms with Gasteiger partial charge in [0, 0.05) is 10.2 Å². The molecule has 0 aromatic heterocycles. The molecule has 0 radical (unpaired) electrons. The summed E-state index contributed by atoms with van der Waals surface area (Å²) < 4.78 is 1.02. The summed E-state index contributed by atoms with van der Waals surface area (Å²) in [6, 6.07) is 11.9. The Morgan fingerprint density at radius 1 is 1.25 bits per heavy atom. The van der Waals surface area contributed by atoms with Crippen molar-refractivity contribution in [1.29, 1.82) is 0 Å². The third-order valence-corrected chi connectivity index (χ3v) is 4.18. The zero-order valence-corrected chi connectivity index (χ0v) is 12.7. The number of carbonyl (C=O) groups excluding carboxylic acids is 1. The van der Waals surface area contributed by atoms with Crippen LogP contribution < -0.4 is 11.1 Å². The highest BCUT2D eigenvalue weighted by molar-refractivity contribution is 9.10. The SMILES string of the molecule is Cc1ccc(Br)cc1C(N)c1ccc2c(c1)CC(=O)N2. The van der Waals surface area contributed by atoms with Gasteiger partial charge in [-0.1, -0.05) is 34.1 Å². The van der Waals surface area contributed by atoms with Crippen molar-refractivity contribution >= 4 is 27.5 Å². The van der Waals surface area contributed by atoms with E-state index in [2.05, 4.69) is 40.3 Å². The monoisotopic (exact) mass is 330 g/mol. The van der Waals surface area contributed by atoms with Gasteiger partial charge in [0.2, 0.25) is 5.91 Å². The molecule has 1 amide bonds. The molecule has 0 spiro atoms. The average Bonchev–Trinajstić information content (AvgIpc) is 2.79. The van der Waals surface area contributed by atoms with E-state index in [-0.39, 0.29) is 11.9 Å². The Bertz CT molecular complexity index is 697. The van der Waals surface area contributed by atoms with E-state index < -0.39 is 0 Å². The van der Waals surface area contributed by atoms with Crippen LogP contribution in [0.2, 0.25) is 0 Å². The Hall–Kier alpha value is -1.65. The van der Waals surface area contributed by atoms with Gasteiger partial charge in [-0.25, -0.2) is 0 Å². The molecule has 0 fully saturated rings. The zero-order valence-electron chi connectivity index (χ0n) is 11.1. The smallest absolute Gasteiger partial charge is 0.228 e. The quantitative estimate of drug-likeness (QED) is 0.887. The van der Waals surface area contributed by atoms with Gasteiger partial charge in [-0.2, -0.15) is 0 Å². The van der Waals surface area contributed by atoms with Gasteiger partial charge < -0.3 is 11.1 Å². The molecular formula is C16H15BrN2O. The molecule has 4 heteroatoms. The first-order chi connectivity index (χ1) is 9.54. The van der Waals surface area contributed by atoms with Gasteiger partial charge in [-0.3, -0.25) is 4.79 Å². The van der Waals surface area contributed by atoms with E-state index in [1.807, 2.05) is 24.3 Å². The fraction of sp³-hybridized carbons (Fsp3) is 0.188. The predicted molar refractivity (Wildman–Crippen MR) is 83.7 cm³/mol. The Morgan fingerprint density at radius 3 is 2.85 bits per heavy atom. The van der Waals surface area contributed by atoms with Crippen LogP contribution >= 0.6 is 15.9 Å². The Labute approximate surface area is 126 Å². The summed E-state index contributed by atoms with van der Waals surface area (Å²) >= 11 is 3.48. The van der Waals surface area contributed by atoms with E-state index in [1.54, 1.807) is 0 Å². The van der Waals surface area contributed by atoms with Crippen molar-refractivity contribution in [1.82, 2.24) is 0 Å². The van der Waals surface area contributed by atoms with Crippen molar-refractivity contribution in [3.05, 3.63) is 63.1 Å². The minimum absolute atomic E-state index is 0.0457. The van der Waals surface area contributed by atoms with Gasteiger partial charge in [0.1, 0.15) is 0 Å². The summed E-state index contributed by atoms with van der Waals surface area (Å²) in [4.78, 5) is 11.4. The molecule has 1 atom stereocenters. The lowest BCUT2D eigenvalue weighted by atomic mass is 9.94. The summed E-state index contributed by atoms with van der Waals surface area (Å²) in [5, 5.41) is 2.84. The molecule has 3 nitrogen and oxygen atoms in total. The first-order valence-corrected chi connectivity index (χ1v) is 7.28. The van der Waals surface area contributed by atoms with E-state index in [4.69, 9.17) is 5.73 Å². The van der Waals surface area contributed by atoms with Crippen LogP contribution in [0.4, 0.5) is 5.69 Å². The highest BCUT2D eigenvalue weighted by Crippen LogP contribution is 2.30. The first-order valence-electron chi connectivity index (χ1n) is 6.49. The van der Waals surface area contributed by atoms with Crippen molar-refractivity contribution in [2.75, 3.05) is 5.32 Å². The molecule has 1 aliphatic rings. The molecule has 0 bridgehead atoms. The van der Waals surface area contributed by atoms with E-state index in [9.17, 15) is 4.79 Å². The lowest BCUT2D eigenvalue weighted by Crippen LogP contribution is -2.13. The molecule has 3 rings (SSSR count). The number of carbonyl (C=O) groups is 1. The van der Waals surface area contributed by atoms with Crippen LogP contribution in [0.1, 0.15) is 28.3 Å². The fourth-order valence-corrected chi connectivity index (χ4v) is 2.95. The highest BCUT2D eigenvalue weighted by atomic mass is 79.9. The number of hydrogen-bond acceptors (Lipinski definition) is 2. The van der Waals surface area contributed by atoms with E-state index >= 15 is 0 Å². The second-order valence-corrected chi connectivity index (χ2v) is 6.04. The molecule has 0 aliphatic carbocycles. The van der Waals surface area contributed by atoms with Gasteiger partial charge in [0.05, 0.1) is 12.5 Å². The van der Waals surface area contributed by atoms with E-state index in [0.29, 0.717) is 6.42 Å². The van der Waals surface area contributed by atoms with Crippen LogP contribution in [0.3, 0.4) is 0 Å².